The van der Waals surface area contributed by atoms with E-state index in [4.69, 9.17) is 4.74 Å². The number of hydrogen-bond donors (Lipinski definition) is 0. The van der Waals surface area contributed by atoms with Crippen molar-refractivity contribution < 1.29 is 17.9 Å². The monoisotopic (exact) mass is 316 g/mol. The SMILES string of the molecule is FC(F)(F)c1cccc(SC2CCO[CH]([Al]3[CH2][CH2]3)C2)c1. The van der Waals surface area contributed by atoms with E-state index in [9.17, 15) is 13.2 Å². The lowest BCUT2D eigenvalue weighted by Gasteiger charge is -2.29. The van der Waals surface area contributed by atoms with Gasteiger partial charge in [0, 0.05) is 21.7 Å². The Labute approximate surface area is 125 Å². The third-order valence-corrected chi connectivity index (χ3v) is 7.93. The van der Waals surface area contributed by atoms with Gasteiger partial charge in [-0.1, -0.05) is 6.07 Å². The van der Waals surface area contributed by atoms with Crippen LogP contribution >= 0.6 is 11.8 Å². The predicted octanol–water partition coefficient (Wildman–Crippen LogP) is 4.39. The largest absolute Gasteiger partial charge is 0.416 e. The van der Waals surface area contributed by atoms with Crippen LogP contribution in [0.1, 0.15) is 18.4 Å². The van der Waals surface area contributed by atoms with Gasteiger partial charge in [-0.05, 0) is 31.0 Å². The molecule has 6 heteroatoms. The number of benzene rings is 1. The smallest absolute Gasteiger partial charge is 0.393 e. The van der Waals surface area contributed by atoms with Crippen molar-refractivity contribution >= 4 is 25.9 Å². The lowest BCUT2D eigenvalue weighted by molar-refractivity contribution is -0.137. The van der Waals surface area contributed by atoms with Crippen LogP contribution < -0.4 is 0 Å². The lowest BCUT2D eigenvalue weighted by Crippen LogP contribution is -2.32. The summed E-state index contributed by atoms with van der Waals surface area (Å²) in [6.45, 7) is 0.769. The van der Waals surface area contributed by atoms with Crippen LogP contribution in [0, 0.1) is 0 Å². The molecule has 0 N–H and O–H groups in total. The van der Waals surface area contributed by atoms with Gasteiger partial charge in [0.2, 0.25) is 0 Å². The van der Waals surface area contributed by atoms with Gasteiger partial charge in [-0.15, -0.1) is 22.3 Å². The van der Waals surface area contributed by atoms with E-state index in [1.54, 1.807) is 17.8 Å². The molecule has 1 aromatic carbocycles. The summed E-state index contributed by atoms with van der Waals surface area (Å²) >= 11 is 0.985. The summed E-state index contributed by atoms with van der Waals surface area (Å²) < 4.78 is 43.9. The van der Waals surface area contributed by atoms with Gasteiger partial charge in [0.1, 0.15) is 0 Å². The van der Waals surface area contributed by atoms with E-state index in [1.807, 2.05) is 0 Å². The number of ether oxygens (including phenoxy) is 1. The molecule has 1 nitrogen and oxygen atoms in total. The van der Waals surface area contributed by atoms with Gasteiger partial charge in [0.15, 0.2) is 0 Å². The molecular formula is C14H16AlF3OS. The Morgan fingerprint density at radius 1 is 1.25 bits per heavy atom. The van der Waals surface area contributed by atoms with Crippen LogP contribution in [-0.2, 0) is 10.9 Å². The first-order valence-electron chi connectivity index (χ1n) is 6.98. The molecule has 0 amide bonds. The van der Waals surface area contributed by atoms with E-state index in [0.29, 0.717) is 10.2 Å². The zero-order valence-electron chi connectivity index (χ0n) is 11.0. The molecule has 0 saturated carbocycles. The van der Waals surface area contributed by atoms with Crippen molar-refractivity contribution in [1.29, 1.82) is 0 Å². The van der Waals surface area contributed by atoms with Crippen molar-refractivity contribution in [3.8, 4) is 0 Å². The lowest BCUT2D eigenvalue weighted by atomic mass is 10.2. The average molecular weight is 316 g/mol. The second kappa shape index (κ2) is 5.92. The summed E-state index contributed by atoms with van der Waals surface area (Å²) in [6, 6.07) is 5.67. The molecule has 3 rings (SSSR count). The number of rotatable bonds is 3. The highest BCUT2D eigenvalue weighted by Gasteiger charge is 2.41. The Morgan fingerprint density at radius 2 is 2.05 bits per heavy atom. The van der Waals surface area contributed by atoms with Crippen LogP contribution in [0.3, 0.4) is 0 Å². The van der Waals surface area contributed by atoms with Gasteiger partial charge in [-0.25, -0.2) is 0 Å². The number of halogens is 3. The van der Waals surface area contributed by atoms with Crippen LogP contribution in [-0.4, -0.2) is 31.0 Å². The molecule has 2 fully saturated rings. The first-order valence-corrected chi connectivity index (χ1v) is 10.2. The fourth-order valence-electron chi connectivity index (χ4n) is 2.64. The van der Waals surface area contributed by atoms with E-state index < -0.39 is 25.9 Å². The molecular weight excluding hydrogens is 300 g/mol. The zero-order chi connectivity index (χ0) is 14.2. The third kappa shape index (κ3) is 3.73. The first-order chi connectivity index (χ1) is 9.52. The van der Waals surface area contributed by atoms with E-state index in [2.05, 4.69) is 0 Å². The highest BCUT2D eigenvalue weighted by Crippen LogP contribution is 2.38. The average Bonchev–Trinajstić information content (AvgIpc) is 3.23. The minimum atomic E-state index is -4.25. The van der Waals surface area contributed by atoms with Gasteiger partial charge in [-0.3, -0.25) is 0 Å². The Bertz CT molecular complexity index is 476. The van der Waals surface area contributed by atoms with Crippen LogP contribution in [0.4, 0.5) is 13.2 Å². The maximum absolute atomic E-state index is 12.7. The summed E-state index contributed by atoms with van der Waals surface area (Å²) in [7, 11) is 0. The molecule has 2 aliphatic rings. The first kappa shape index (κ1) is 14.8. The van der Waals surface area contributed by atoms with Crippen LogP contribution in [0.2, 0.25) is 10.6 Å². The van der Waals surface area contributed by atoms with Crippen LogP contribution in [0.15, 0.2) is 29.2 Å². The maximum atomic E-state index is 12.7. The standard InChI is InChI=1S/C12H12F3OS.C2H4.Al/c13-12(14,15)9-2-1-3-11(8-9)17-10-4-6-16-7-5-10;1-2;/h1-3,6,8,10H,4-5,7H2;1-2H2;. The fourth-order valence-corrected chi connectivity index (χ4v) is 6.71. The predicted molar refractivity (Wildman–Crippen MR) is 75.4 cm³/mol. The second-order valence-corrected chi connectivity index (χ2v) is 10.3. The molecule has 0 aromatic heterocycles. The third-order valence-electron chi connectivity index (χ3n) is 3.88. The van der Waals surface area contributed by atoms with Crippen LogP contribution in [0.5, 0.6) is 0 Å². The molecule has 2 atom stereocenters. The maximum Gasteiger partial charge on any atom is 0.416 e. The van der Waals surface area contributed by atoms with Gasteiger partial charge in [0.25, 0.3) is 0 Å². The highest BCUT2D eigenvalue weighted by atomic mass is 32.2. The molecule has 2 aliphatic heterocycles. The number of thioether (sulfide) groups is 1. The molecule has 0 bridgehead atoms. The topological polar surface area (TPSA) is 9.23 Å². The van der Waals surface area contributed by atoms with E-state index in [1.165, 1.54) is 22.7 Å². The Morgan fingerprint density at radius 3 is 2.75 bits per heavy atom. The molecule has 0 radical (unpaired) electrons. The quantitative estimate of drug-likeness (QED) is 0.765. The van der Waals surface area contributed by atoms with E-state index >= 15 is 0 Å². The Hall–Kier alpha value is -0.148. The highest BCUT2D eigenvalue weighted by molar-refractivity contribution is 8.00. The zero-order valence-corrected chi connectivity index (χ0v) is 13.0. The molecule has 0 spiro atoms. The van der Waals surface area contributed by atoms with Crippen molar-refractivity contribution in [3.63, 3.8) is 0 Å². The molecule has 1 aromatic rings. The molecule has 2 unspecified atom stereocenters. The number of hydrogen-bond acceptors (Lipinski definition) is 2. The van der Waals surface area contributed by atoms with Crippen molar-refractivity contribution in [3.05, 3.63) is 29.8 Å². The van der Waals surface area contributed by atoms with Crippen molar-refractivity contribution in [2.75, 3.05) is 6.61 Å². The van der Waals surface area contributed by atoms with E-state index in [-0.39, 0.29) is 0 Å². The Balaban J connectivity index is 1.65. The van der Waals surface area contributed by atoms with Gasteiger partial charge >= 0.3 is 20.3 Å². The summed E-state index contributed by atoms with van der Waals surface area (Å²) in [5.41, 5.74) is -0.553. The minimum absolute atomic E-state index is 0.408. The number of alkyl halides is 3. The Kier molecular flexibility index (Phi) is 4.38. The second-order valence-electron chi connectivity index (χ2n) is 5.54. The fraction of sp³-hybridized carbons (Fsp3) is 0.571. The van der Waals surface area contributed by atoms with E-state index in [0.717, 1.165) is 30.4 Å². The molecule has 108 valence electrons. The molecule has 20 heavy (non-hydrogen) atoms. The summed E-state index contributed by atoms with van der Waals surface area (Å²) in [5.74, 6) is 0. The summed E-state index contributed by atoms with van der Waals surface area (Å²) in [6.07, 6.45) is -2.29. The van der Waals surface area contributed by atoms with Crippen molar-refractivity contribution in [2.45, 2.75) is 44.7 Å². The van der Waals surface area contributed by atoms with Gasteiger partial charge < -0.3 is 4.74 Å². The van der Waals surface area contributed by atoms with Gasteiger partial charge in [-0.2, -0.15) is 13.2 Å². The normalized spacial score (nSPS) is 26.6. The minimum Gasteiger partial charge on any atom is -0.393 e. The summed E-state index contributed by atoms with van der Waals surface area (Å²) in [4.78, 5) is 1.19. The van der Waals surface area contributed by atoms with Gasteiger partial charge in [0.05, 0.1) is 5.56 Å². The summed E-state index contributed by atoms with van der Waals surface area (Å²) in [5, 5.41) is 3.17. The molecule has 0 aliphatic carbocycles. The van der Waals surface area contributed by atoms with Crippen molar-refractivity contribution in [1.82, 2.24) is 0 Å². The molecule has 2 saturated heterocycles. The van der Waals surface area contributed by atoms with Crippen LogP contribution in [0.25, 0.3) is 0 Å². The molecule has 2 heterocycles. The van der Waals surface area contributed by atoms with Crippen molar-refractivity contribution in [2.24, 2.45) is 0 Å².